The maximum Gasteiger partial charge on any atom is 0.101 e. The van der Waals surface area contributed by atoms with Crippen molar-refractivity contribution in [1.82, 2.24) is 0 Å². The Hall–Kier alpha value is -1.79. The summed E-state index contributed by atoms with van der Waals surface area (Å²) in [5.74, 6) is 0. The highest BCUT2D eigenvalue weighted by atomic mass is 32.1. The largest absolute Gasteiger partial charge is 0.379 e. The lowest BCUT2D eigenvalue weighted by Gasteiger charge is -2.08. The van der Waals surface area contributed by atoms with Crippen LogP contribution in [0.1, 0.15) is 32.9 Å². The van der Waals surface area contributed by atoms with Crippen molar-refractivity contribution in [3.8, 4) is 6.07 Å². The first kappa shape index (κ1) is 12.3. The molecule has 0 bridgehead atoms. The summed E-state index contributed by atoms with van der Waals surface area (Å²) in [5.41, 5.74) is 4.37. The molecule has 3 heteroatoms. The summed E-state index contributed by atoms with van der Waals surface area (Å²) in [7, 11) is 0. The van der Waals surface area contributed by atoms with E-state index in [9.17, 15) is 0 Å². The van der Waals surface area contributed by atoms with Crippen LogP contribution in [0.5, 0.6) is 0 Å². The van der Waals surface area contributed by atoms with Gasteiger partial charge in [0.15, 0.2) is 0 Å². The van der Waals surface area contributed by atoms with E-state index in [1.54, 1.807) is 4.88 Å². The van der Waals surface area contributed by atoms with Crippen LogP contribution < -0.4 is 5.32 Å². The van der Waals surface area contributed by atoms with Gasteiger partial charge in [-0.1, -0.05) is 6.07 Å². The van der Waals surface area contributed by atoms with Crippen molar-refractivity contribution in [2.75, 3.05) is 5.32 Å². The average Bonchev–Trinajstić information content (AvgIpc) is 2.97. The van der Waals surface area contributed by atoms with Crippen molar-refractivity contribution in [2.45, 2.75) is 32.7 Å². The third-order valence-electron chi connectivity index (χ3n) is 3.55. The normalized spacial score (nSPS) is 13.1. The van der Waals surface area contributed by atoms with E-state index in [0.717, 1.165) is 17.8 Å². The van der Waals surface area contributed by atoms with Crippen LogP contribution in [0.4, 0.5) is 5.69 Å². The van der Waals surface area contributed by atoms with E-state index in [2.05, 4.69) is 17.5 Å². The molecule has 0 unspecified atom stereocenters. The number of anilines is 1. The van der Waals surface area contributed by atoms with Gasteiger partial charge in [0.25, 0.3) is 0 Å². The van der Waals surface area contributed by atoms with Gasteiger partial charge in [-0.3, -0.25) is 0 Å². The fraction of sp³-hybridized carbons (Fsp3) is 0.312. The molecule has 1 heterocycles. The topological polar surface area (TPSA) is 35.8 Å². The van der Waals surface area contributed by atoms with E-state index in [0.29, 0.717) is 0 Å². The number of nitrogens with zero attached hydrogens (tertiary/aromatic N) is 1. The maximum atomic E-state index is 9.11. The van der Waals surface area contributed by atoms with Gasteiger partial charge in [0.2, 0.25) is 0 Å². The molecular formula is C16H16N2S. The Morgan fingerprint density at radius 3 is 3.00 bits per heavy atom. The minimum Gasteiger partial charge on any atom is -0.379 e. The highest BCUT2D eigenvalue weighted by Gasteiger charge is 2.14. The number of hydrogen-bond acceptors (Lipinski definition) is 3. The standard InChI is InChI=1S/C16H16N2S/c1-11-5-6-13(9-17)15(7-11)18-10-14-8-12-3-2-4-16(12)19-14/h5-8,18H,2-4,10H2,1H3. The second-order valence-corrected chi connectivity index (χ2v) is 6.25. The first-order chi connectivity index (χ1) is 9.26. The quantitative estimate of drug-likeness (QED) is 0.912. The van der Waals surface area contributed by atoms with E-state index >= 15 is 0 Å². The van der Waals surface area contributed by atoms with Crippen LogP contribution >= 0.6 is 11.3 Å². The number of hydrogen-bond donors (Lipinski definition) is 1. The number of nitriles is 1. The zero-order chi connectivity index (χ0) is 13.2. The smallest absolute Gasteiger partial charge is 0.101 e. The Balaban J connectivity index is 1.75. The molecule has 2 nitrogen and oxygen atoms in total. The summed E-state index contributed by atoms with van der Waals surface area (Å²) in [6, 6.07) is 10.5. The minimum absolute atomic E-state index is 0.717. The molecule has 0 spiro atoms. The molecule has 1 aliphatic rings. The van der Waals surface area contributed by atoms with Gasteiger partial charge in [-0.05, 0) is 55.5 Å². The summed E-state index contributed by atoms with van der Waals surface area (Å²) in [6.07, 6.45) is 3.79. The van der Waals surface area contributed by atoms with E-state index < -0.39 is 0 Å². The molecular weight excluding hydrogens is 252 g/mol. The molecule has 0 saturated heterocycles. The Kier molecular flexibility index (Phi) is 3.27. The van der Waals surface area contributed by atoms with Gasteiger partial charge >= 0.3 is 0 Å². The molecule has 0 aliphatic heterocycles. The van der Waals surface area contributed by atoms with Crippen molar-refractivity contribution in [2.24, 2.45) is 0 Å². The summed E-state index contributed by atoms with van der Waals surface area (Å²) in [6.45, 7) is 2.86. The third-order valence-corrected chi connectivity index (χ3v) is 4.78. The number of nitrogens with one attached hydrogen (secondary N) is 1. The first-order valence-electron chi connectivity index (χ1n) is 6.61. The van der Waals surface area contributed by atoms with Crippen molar-refractivity contribution < 1.29 is 0 Å². The molecule has 1 aliphatic carbocycles. The highest BCUT2D eigenvalue weighted by molar-refractivity contribution is 7.12. The molecule has 3 rings (SSSR count). The summed E-state index contributed by atoms with van der Waals surface area (Å²) in [5, 5.41) is 12.5. The zero-order valence-electron chi connectivity index (χ0n) is 11.0. The van der Waals surface area contributed by atoms with E-state index in [4.69, 9.17) is 5.26 Å². The van der Waals surface area contributed by atoms with Gasteiger partial charge in [-0.2, -0.15) is 5.26 Å². The molecule has 1 aromatic carbocycles. The van der Waals surface area contributed by atoms with Crippen LogP contribution in [-0.2, 0) is 19.4 Å². The SMILES string of the molecule is Cc1ccc(C#N)c(NCc2cc3c(s2)CCC3)c1. The third kappa shape index (κ3) is 2.50. The lowest BCUT2D eigenvalue weighted by atomic mass is 10.1. The summed E-state index contributed by atoms with van der Waals surface area (Å²) < 4.78 is 0. The molecule has 0 amide bonds. The number of fused-ring (bicyclic) bond motifs is 1. The van der Waals surface area contributed by atoms with Crippen LogP contribution in [0.25, 0.3) is 0 Å². The summed E-state index contributed by atoms with van der Waals surface area (Å²) >= 11 is 1.91. The Morgan fingerprint density at radius 2 is 2.21 bits per heavy atom. The van der Waals surface area contributed by atoms with Crippen molar-refractivity contribution >= 4 is 17.0 Å². The average molecular weight is 268 g/mol. The molecule has 96 valence electrons. The molecule has 1 N–H and O–H groups in total. The molecule has 0 atom stereocenters. The number of aryl methyl sites for hydroxylation is 3. The molecule has 1 aromatic heterocycles. The van der Waals surface area contributed by atoms with Crippen LogP contribution in [0.3, 0.4) is 0 Å². The van der Waals surface area contributed by atoms with Crippen molar-refractivity contribution in [1.29, 1.82) is 5.26 Å². The highest BCUT2D eigenvalue weighted by Crippen LogP contribution is 2.31. The number of rotatable bonds is 3. The van der Waals surface area contributed by atoms with Gasteiger partial charge in [0.05, 0.1) is 11.3 Å². The summed E-state index contributed by atoms with van der Waals surface area (Å²) in [4.78, 5) is 2.93. The first-order valence-corrected chi connectivity index (χ1v) is 7.43. The number of thiophene rings is 1. The Morgan fingerprint density at radius 1 is 1.32 bits per heavy atom. The van der Waals surface area contributed by atoms with Gasteiger partial charge in [0, 0.05) is 16.3 Å². The molecule has 0 radical (unpaired) electrons. The lowest BCUT2D eigenvalue weighted by Crippen LogP contribution is -2.00. The van der Waals surface area contributed by atoms with Crippen molar-refractivity contribution in [3.05, 3.63) is 50.7 Å². The van der Waals surface area contributed by atoms with E-state index in [1.807, 2.05) is 36.5 Å². The monoisotopic (exact) mass is 268 g/mol. The van der Waals surface area contributed by atoms with Gasteiger partial charge in [-0.15, -0.1) is 11.3 Å². The maximum absolute atomic E-state index is 9.11. The van der Waals surface area contributed by atoms with E-state index in [-0.39, 0.29) is 0 Å². The number of benzene rings is 1. The second-order valence-electron chi connectivity index (χ2n) is 5.03. The predicted molar refractivity (Wildman–Crippen MR) is 79.6 cm³/mol. The zero-order valence-corrected chi connectivity index (χ0v) is 11.8. The van der Waals surface area contributed by atoms with Crippen LogP contribution in [-0.4, -0.2) is 0 Å². The molecule has 19 heavy (non-hydrogen) atoms. The second kappa shape index (κ2) is 5.07. The lowest BCUT2D eigenvalue weighted by molar-refractivity contribution is 0.913. The Bertz CT molecular complexity index is 628. The van der Waals surface area contributed by atoms with E-state index in [1.165, 1.54) is 35.3 Å². The van der Waals surface area contributed by atoms with Crippen LogP contribution in [0, 0.1) is 18.3 Å². The van der Waals surface area contributed by atoms with Crippen molar-refractivity contribution in [3.63, 3.8) is 0 Å². The fourth-order valence-corrected chi connectivity index (χ4v) is 3.76. The Labute approximate surface area is 117 Å². The van der Waals surface area contributed by atoms with Crippen LogP contribution in [0.2, 0.25) is 0 Å². The molecule has 0 fully saturated rings. The molecule has 0 saturated carbocycles. The minimum atomic E-state index is 0.717. The molecule has 2 aromatic rings. The fourth-order valence-electron chi connectivity index (χ4n) is 2.56. The van der Waals surface area contributed by atoms with Gasteiger partial charge in [0.1, 0.15) is 6.07 Å². The van der Waals surface area contributed by atoms with Gasteiger partial charge < -0.3 is 5.32 Å². The van der Waals surface area contributed by atoms with Gasteiger partial charge in [-0.25, -0.2) is 0 Å². The predicted octanol–water partition coefficient (Wildman–Crippen LogP) is 4.03. The van der Waals surface area contributed by atoms with Crippen LogP contribution in [0.15, 0.2) is 24.3 Å².